The van der Waals surface area contributed by atoms with E-state index < -0.39 is 0 Å². The van der Waals surface area contributed by atoms with Crippen molar-refractivity contribution in [3.8, 4) is 0 Å². The molecule has 66 valence electrons. The molecule has 0 rings (SSSR count). The summed E-state index contributed by atoms with van der Waals surface area (Å²) >= 11 is 5.12. The fourth-order valence-corrected chi connectivity index (χ4v) is 0.790. The minimum absolute atomic E-state index is 0.483. The lowest BCUT2D eigenvalue weighted by Crippen LogP contribution is -2.27. The second kappa shape index (κ2) is 5.53. The van der Waals surface area contributed by atoms with Crippen LogP contribution in [0.15, 0.2) is 0 Å². The first-order valence-corrected chi connectivity index (χ1v) is 4.72. The Labute approximate surface area is 75.6 Å². The molecule has 0 unspecified atom stereocenters. The molecule has 1 nitrogen and oxygen atoms in total. The second-order valence-electron chi connectivity index (χ2n) is 3.63. The molecule has 0 aromatic carbocycles. The van der Waals surface area contributed by atoms with Crippen LogP contribution in [0.1, 0.15) is 34.1 Å². The molecule has 0 aromatic heterocycles. The molecule has 0 aliphatic rings. The van der Waals surface area contributed by atoms with Gasteiger partial charge in [-0.1, -0.05) is 39.9 Å². The fourth-order valence-electron chi connectivity index (χ4n) is 0.688. The van der Waals surface area contributed by atoms with E-state index in [1.165, 1.54) is 6.42 Å². The smallest absolute Gasteiger partial charge is 0.0779 e. The number of hydrogen-bond donors (Lipinski definition) is 1. The highest BCUT2D eigenvalue weighted by Gasteiger charge is 2.00. The Balaban J connectivity index is 3.32. The van der Waals surface area contributed by atoms with E-state index in [0.717, 1.165) is 17.5 Å². The Kier molecular flexibility index (Phi) is 5.47. The van der Waals surface area contributed by atoms with Gasteiger partial charge < -0.3 is 5.32 Å². The molecule has 0 saturated heterocycles. The summed E-state index contributed by atoms with van der Waals surface area (Å²) in [7, 11) is 0. The first-order valence-electron chi connectivity index (χ1n) is 4.31. The predicted molar refractivity (Wildman–Crippen MR) is 54.9 cm³/mol. The lowest BCUT2D eigenvalue weighted by Gasteiger charge is -2.11. The van der Waals surface area contributed by atoms with Crippen LogP contribution in [-0.4, -0.2) is 11.5 Å². The zero-order chi connectivity index (χ0) is 8.85. The number of hydrogen-bond acceptors (Lipinski definition) is 1. The quantitative estimate of drug-likeness (QED) is 0.656. The van der Waals surface area contributed by atoms with Crippen LogP contribution in [0, 0.1) is 11.8 Å². The average molecular weight is 173 g/mol. The van der Waals surface area contributed by atoms with Crippen LogP contribution in [-0.2, 0) is 0 Å². The molecule has 0 radical (unpaired) electrons. The molecule has 0 heterocycles. The van der Waals surface area contributed by atoms with Crippen molar-refractivity contribution >= 4 is 17.2 Å². The van der Waals surface area contributed by atoms with Gasteiger partial charge in [-0.15, -0.1) is 0 Å². The van der Waals surface area contributed by atoms with Crippen LogP contribution in [0.5, 0.6) is 0 Å². The van der Waals surface area contributed by atoms with Gasteiger partial charge in [0.05, 0.1) is 4.99 Å². The topological polar surface area (TPSA) is 12.0 Å². The molecule has 0 atom stereocenters. The maximum Gasteiger partial charge on any atom is 0.0779 e. The van der Waals surface area contributed by atoms with Gasteiger partial charge in [0.1, 0.15) is 0 Å². The summed E-state index contributed by atoms with van der Waals surface area (Å²) in [5, 5.41) is 3.24. The number of thiocarbonyl (C=S) groups is 1. The second-order valence-corrected chi connectivity index (χ2v) is 4.07. The molecule has 0 amide bonds. The van der Waals surface area contributed by atoms with Gasteiger partial charge in [-0.05, 0) is 12.3 Å². The molecule has 0 aliphatic carbocycles. The Hall–Kier alpha value is -0.110. The van der Waals surface area contributed by atoms with Crippen molar-refractivity contribution in [3.05, 3.63) is 0 Å². The number of nitrogens with one attached hydrogen (secondary N) is 1. The van der Waals surface area contributed by atoms with E-state index in [4.69, 9.17) is 12.2 Å². The van der Waals surface area contributed by atoms with Crippen LogP contribution >= 0.6 is 12.2 Å². The third-order valence-electron chi connectivity index (χ3n) is 1.55. The summed E-state index contributed by atoms with van der Waals surface area (Å²) < 4.78 is 0. The zero-order valence-electron chi connectivity index (χ0n) is 7.98. The lowest BCUT2D eigenvalue weighted by atomic mass is 10.1. The third-order valence-corrected chi connectivity index (χ3v) is 2.16. The van der Waals surface area contributed by atoms with E-state index >= 15 is 0 Å². The van der Waals surface area contributed by atoms with Crippen LogP contribution in [0.3, 0.4) is 0 Å². The van der Waals surface area contributed by atoms with Crippen LogP contribution < -0.4 is 5.32 Å². The van der Waals surface area contributed by atoms with Crippen molar-refractivity contribution in [3.63, 3.8) is 0 Å². The van der Waals surface area contributed by atoms with Gasteiger partial charge in [-0.25, -0.2) is 0 Å². The van der Waals surface area contributed by atoms with Crippen molar-refractivity contribution in [2.24, 2.45) is 11.8 Å². The summed E-state index contributed by atoms with van der Waals surface area (Å²) in [5.74, 6) is 1.25. The van der Waals surface area contributed by atoms with Crippen molar-refractivity contribution in [2.75, 3.05) is 6.54 Å². The summed E-state index contributed by atoms with van der Waals surface area (Å²) in [4.78, 5) is 0.991. The summed E-state index contributed by atoms with van der Waals surface area (Å²) in [5.41, 5.74) is 0. The molecular formula is C9H19NS. The highest BCUT2D eigenvalue weighted by Crippen LogP contribution is 1.98. The van der Waals surface area contributed by atoms with Gasteiger partial charge in [-0.2, -0.15) is 0 Å². The molecule has 0 spiro atoms. The van der Waals surface area contributed by atoms with Gasteiger partial charge in [0.15, 0.2) is 0 Å². The Bertz CT molecular complexity index is 119. The SMILES string of the molecule is CC(C)CCNC(=S)C(C)C. The normalized spacial score (nSPS) is 10.7. The van der Waals surface area contributed by atoms with Crippen molar-refractivity contribution in [1.29, 1.82) is 0 Å². The Morgan fingerprint density at radius 1 is 1.27 bits per heavy atom. The minimum atomic E-state index is 0.483. The molecule has 0 aromatic rings. The average Bonchev–Trinajstić information content (AvgIpc) is 1.86. The third kappa shape index (κ3) is 6.29. The van der Waals surface area contributed by atoms with E-state index in [1.807, 2.05) is 0 Å². The highest BCUT2D eigenvalue weighted by atomic mass is 32.1. The molecule has 0 bridgehead atoms. The standard InChI is InChI=1S/C9H19NS/c1-7(2)5-6-10-9(11)8(3)4/h7-8H,5-6H2,1-4H3,(H,10,11). The lowest BCUT2D eigenvalue weighted by molar-refractivity contribution is 0.574. The molecular weight excluding hydrogens is 154 g/mol. The molecule has 2 heteroatoms. The molecule has 0 saturated carbocycles. The summed E-state index contributed by atoms with van der Waals surface area (Å²) in [6.45, 7) is 9.70. The van der Waals surface area contributed by atoms with Gasteiger partial charge in [0.25, 0.3) is 0 Å². The maximum absolute atomic E-state index is 5.12. The predicted octanol–water partition coefficient (Wildman–Crippen LogP) is 2.61. The van der Waals surface area contributed by atoms with E-state index in [2.05, 4.69) is 33.0 Å². The molecule has 11 heavy (non-hydrogen) atoms. The Morgan fingerprint density at radius 3 is 2.18 bits per heavy atom. The zero-order valence-corrected chi connectivity index (χ0v) is 8.79. The van der Waals surface area contributed by atoms with Crippen LogP contribution in [0.4, 0.5) is 0 Å². The highest BCUT2D eigenvalue weighted by molar-refractivity contribution is 7.80. The summed E-state index contributed by atoms with van der Waals surface area (Å²) in [6, 6.07) is 0. The van der Waals surface area contributed by atoms with Gasteiger partial charge >= 0.3 is 0 Å². The number of rotatable bonds is 4. The van der Waals surface area contributed by atoms with E-state index in [0.29, 0.717) is 5.92 Å². The Morgan fingerprint density at radius 2 is 1.82 bits per heavy atom. The van der Waals surface area contributed by atoms with E-state index in [9.17, 15) is 0 Å². The minimum Gasteiger partial charge on any atom is -0.379 e. The summed E-state index contributed by atoms with van der Waals surface area (Å²) in [6.07, 6.45) is 1.20. The molecule has 0 aliphatic heterocycles. The van der Waals surface area contributed by atoms with Crippen molar-refractivity contribution in [1.82, 2.24) is 5.32 Å². The monoisotopic (exact) mass is 173 g/mol. The molecule has 0 fully saturated rings. The van der Waals surface area contributed by atoms with Gasteiger partial charge in [-0.3, -0.25) is 0 Å². The first kappa shape index (κ1) is 10.9. The first-order chi connectivity index (χ1) is 5.04. The van der Waals surface area contributed by atoms with Gasteiger partial charge in [0, 0.05) is 12.5 Å². The maximum atomic E-state index is 5.12. The van der Waals surface area contributed by atoms with Crippen LogP contribution in [0.25, 0.3) is 0 Å². The fraction of sp³-hybridized carbons (Fsp3) is 0.889. The van der Waals surface area contributed by atoms with E-state index in [-0.39, 0.29) is 0 Å². The van der Waals surface area contributed by atoms with Crippen LogP contribution in [0.2, 0.25) is 0 Å². The van der Waals surface area contributed by atoms with Crippen molar-refractivity contribution < 1.29 is 0 Å². The van der Waals surface area contributed by atoms with E-state index in [1.54, 1.807) is 0 Å². The molecule has 1 N–H and O–H groups in total. The largest absolute Gasteiger partial charge is 0.379 e. The van der Waals surface area contributed by atoms with Crippen molar-refractivity contribution in [2.45, 2.75) is 34.1 Å². The van der Waals surface area contributed by atoms with Gasteiger partial charge in [0.2, 0.25) is 0 Å².